The van der Waals surface area contributed by atoms with Crippen molar-refractivity contribution < 1.29 is 4.74 Å². The molecule has 2 rings (SSSR count). The maximum atomic E-state index is 6.18. The molecular formula is C13H16ClN3O. The number of aromatic nitrogens is 2. The summed E-state index contributed by atoms with van der Waals surface area (Å²) in [4.78, 5) is 0. The fourth-order valence-electron chi connectivity index (χ4n) is 1.92. The third-order valence-corrected chi connectivity index (χ3v) is 3.18. The molecule has 1 aromatic carbocycles. The number of aryl methyl sites for hydroxylation is 1. The molecule has 0 fully saturated rings. The van der Waals surface area contributed by atoms with E-state index in [2.05, 4.69) is 5.10 Å². The second-order valence-corrected chi connectivity index (χ2v) is 4.45. The van der Waals surface area contributed by atoms with Gasteiger partial charge in [0.15, 0.2) is 5.82 Å². The highest BCUT2D eigenvalue weighted by atomic mass is 35.5. The summed E-state index contributed by atoms with van der Waals surface area (Å²) >= 11 is 6.18. The van der Waals surface area contributed by atoms with Crippen molar-refractivity contribution in [2.24, 2.45) is 7.05 Å². The van der Waals surface area contributed by atoms with Crippen molar-refractivity contribution >= 4 is 17.4 Å². The van der Waals surface area contributed by atoms with Gasteiger partial charge in [-0.15, -0.1) is 0 Å². The minimum atomic E-state index is 0.509. The van der Waals surface area contributed by atoms with Gasteiger partial charge >= 0.3 is 0 Å². The fraction of sp³-hybridized carbons (Fsp3) is 0.308. The predicted molar refractivity (Wildman–Crippen MR) is 74.0 cm³/mol. The molecule has 0 spiro atoms. The van der Waals surface area contributed by atoms with Crippen molar-refractivity contribution in [3.63, 3.8) is 0 Å². The summed E-state index contributed by atoms with van der Waals surface area (Å²) in [5.41, 5.74) is 8.79. The maximum absolute atomic E-state index is 6.18. The molecule has 96 valence electrons. The molecule has 0 aliphatic carbocycles. The molecule has 1 heterocycles. The van der Waals surface area contributed by atoms with Gasteiger partial charge in [0.2, 0.25) is 0 Å². The zero-order valence-corrected chi connectivity index (χ0v) is 11.5. The molecule has 0 unspecified atom stereocenters. The Morgan fingerprint density at radius 3 is 2.67 bits per heavy atom. The summed E-state index contributed by atoms with van der Waals surface area (Å²) in [6.07, 6.45) is 0. The van der Waals surface area contributed by atoms with Gasteiger partial charge in [-0.1, -0.05) is 17.7 Å². The molecule has 0 atom stereocenters. The number of rotatable bonds is 3. The molecule has 1 aromatic heterocycles. The number of ether oxygens (including phenoxy) is 1. The van der Waals surface area contributed by atoms with Crippen LogP contribution in [0, 0.1) is 6.92 Å². The number of anilines is 1. The topological polar surface area (TPSA) is 53.1 Å². The second kappa shape index (κ2) is 4.90. The monoisotopic (exact) mass is 265 g/mol. The van der Waals surface area contributed by atoms with Crippen molar-refractivity contribution in [2.75, 3.05) is 12.3 Å². The third-order valence-electron chi connectivity index (χ3n) is 2.88. The zero-order valence-electron chi connectivity index (χ0n) is 10.7. The molecule has 2 aromatic rings. The fourth-order valence-corrected chi connectivity index (χ4v) is 2.15. The van der Waals surface area contributed by atoms with Crippen LogP contribution in [0.15, 0.2) is 18.2 Å². The van der Waals surface area contributed by atoms with Gasteiger partial charge in [0, 0.05) is 18.3 Å². The number of nitrogens with two attached hydrogens (primary N) is 1. The Bertz CT molecular complexity index is 578. The lowest BCUT2D eigenvalue weighted by atomic mass is 10.1. The van der Waals surface area contributed by atoms with Gasteiger partial charge < -0.3 is 10.5 Å². The van der Waals surface area contributed by atoms with E-state index in [9.17, 15) is 0 Å². The van der Waals surface area contributed by atoms with Gasteiger partial charge in [-0.2, -0.15) is 5.10 Å². The Labute approximate surface area is 111 Å². The second-order valence-electron chi connectivity index (χ2n) is 4.05. The van der Waals surface area contributed by atoms with E-state index in [1.54, 1.807) is 4.68 Å². The van der Waals surface area contributed by atoms with Gasteiger partial charge in [0.25, 0.3) is 0 Å². The zero-order chi connectivity index (χ0) is 13.3. The van der Waals surface area contributed by atoms with Crippen LogP contribution in [0.5, 0.6) is 5.75 Å². The largest absolute Gasteiger partial charge is 0.492 e. The van der Waals surface area contributed by atoms with Crippen LogP contribution in [-0.4, -0.2) is 16.4 Å². The van der Waals surface area contributed by atoms with E-state index < -0.39 is 0 Å². The van der Waals surface area contributed by atoms with Crippen LogP contribution in [0.4, 0.5) is 5.82 Å². The number of hydrogen-bond acceptors (Lipinski definition) is 3. The number of halogens is 1. The first-order valence-corrected chi connectivity index (χ1v) is 6.14. The first kappa shape index (κ1) is 12.8. The van der Waals surface area contributed by atoms with Crippen LogP contribution >= 0.6 is 11.6 Å². The highest BCUT2D eigenvalue weighted by Gasteiger charge is 2.13. The van der Waals surface area contributed by atoms with Crippen molar-refractivity contribution in [2.45, 2.75) is 13.8 Å². The molecule has 0 bridgehead atoms. The van der Waals surface area contributed by atoms with Crippen LogP contribution < -0.4 is 10.5 Å². The molecule has 4 nitrogen and oxygen atoms in total. The minimum absolute atomic E-state index is 0.509. The van der Waals surface area contributed by atoms with E-state index in [1.165, 1.54) is 0 Å². The van der Waals surface area contributed by atoms with E-state index in [-0.39, 0.29) is 0 Å². The smallest absolute Gasteiger partial charge is 0.153 e. The molecule has 2 N–H and O–H groups in total. The SMILES string of the molecule is CCOc1ccc(-c2c(N)nn(C)c2C)cc1Cl. The predicted octanol–water partition coefficient (Wildman–Crippen LogP) is 3.03. The molecule has 0 saturated carbocycles. The van der Waals surface area contributed by atoms with Crippen molar-refractivity contribution in [1.82, 2.24) is 9.78 Å². The Morgan fingerprint density at radius 2 is 2.17 bits per heavy atom. The summed E-state index contributed by atoms with van der Waals surface area (Å²) in [5, 5.41) is 4.78. The van der Waals surface area contributed by atoms with Gasteiger partial charge in [0.05, 0.1) is 11.6 Å². The van der Waals surface area contributed by atoms with Crippen LogP contribution in [0.3, 0.4) is 0 Å². The van der Waals surface area contributed by atoms with E-state index in [1.807, 2.05) is 39.1 Å². The Kier molecular flexibility index (Phi) is 3.48. The normalized spacial score (nSPS) is 10.7. The molecule has 18 heavy (non-hydrogen) atoms. The average molecular weight is 266 g/mol. The maximum Gasteiger partial charge on any atom is 0.153 e. The van der Waals surface area contributed by atoms with Crippen LogP contribution in [0.2, 0.25) is 5.02 Å². The summed E-state index contributed by atoms with van der Waals surface area (Å²) in [5.74, 6) is 1.19. The van der Waals surface area contributed by atoms with E-state index >= 15 is 0 Å². The molecular weight excluding hydrogens is 250 g/mol. The average Bonchev–Trinajstić information content (AvgIpc) is 2.56. The molecule has 0 aliphatic heterocycles. The van der Waals surface area contributed by atoms with E-state index in [0.717, 1.165) is 16.8 Å². The first-order valence-electron chi connectivity index (χ1n) is 5.76. The van der Waals surface area contributed by atoms with Gasteiger partial charge in [0.1, 0.15) is 5.75 Å². The number of nitrogen functional groups attached to an aromatic ring is 1. The molecule has 0 amide bonds. The summed E-state index contributed by atoms with van der Waals surface area (Å²) in [7, 11) is 1.87. The highest BCUT2D eigenvalue weighted by Crippen LogP contribution is 2.34. The number of nitrogens with zero attached hydrogens (tertiary/aromatic N) is 2. The van der Waals surface area contributed by atoms with E-state index in [4.69, 9.17) is 22.1 Å². The lowest BCUT2D eigenvalue weighted by molar-refractivity contribution is 0.340. The molecule has 5 heteroatoms. The molecule has 0 radical (unpaired) electrons. The Balaban J connectivity index is 2.49. The van der Waals surface area contributed by atoms with Crippen LogP contribution in [0.25, 0.3) is 11.1 Å². The minimum Gasteiger partial charge on any atom is -0.492 e. The van der Waals surface area contributed by atoms with Gasteiger partial charge in [-0.25, -0.2) is 0 Å². The lowest BCUT2D eigenvalue weighted by Crippen LogP contribution is -1.93. The van der Waals surface area contributed by atoms with Gasteiger partial charge in [-0.3, -0.25) is 4.68 Å². The Morgan fingerprint density at radius 1 is 1.44 bits per heavy atom. The summed E-state index contributed by atoms with van der Waals surface area (Å²) in [6.45, 7) is 4.49. The van der Waals surface area contributed by atoms with Crippen molar-refractivity contribution in [3.05, 3.63) is 28.9 Å². The van der Waals surface area contributed by atoms with E-state index in [0.29, 0.717) is 23.2 Å². The van der Waals surface area contributed by atoms with Gasteiger partial charge in [-0.05, 0) is 31.5 Å². The molecule has 0 saturated heterocycles. The third kappa shape index (κ3) is 2.16. The summed E-state index contributed by atoms with van der Waals surface area (Å²) in [6, 6.07) is 5.65. The highest BCUT2D eigenvalue weighted by molar-refractivity contribution is 6.32. The standard InChI is InChI=1S/C13H16ClN3O/c1-4-18-11-6-5-9(7-10(11)14)12-8(2)17(3)16-13(12)15/h5-7H,4H2,1-3H3,(H2,15,16). The van der Waals surface area contributed by atoms with Crippen LogP contribution in [-0.2, 0) is 7.05 Å². The summed E-state index contributed by atoms with van der Waals surface area (Å²) < 4.78 is 7.17. The Hall–Kier alpha value is -1.68. The number of hydrogen-bond donors (Lipinski definition) is 1. The van der Waals surface area contributed by atoms with Crippen molar-refractivity contribution in [3.8, 4) is 16.9 Å². The van der Waals surface area contributed by atoms with Crippen LogP contribution in [0.1, 0.15) is 12.6 Å². The van der Waals surface area contributed by atoms with Crippen molar-refractivity contribution in [1.29, 1.82) is 0 Å². The first-order chi connectivity index (χ1) is 8.54. The molecule has 0 aliphatic rings. The lowest BCUT2D eigenvalue weighted by Gasteiger charge is -2.08. The number of benzene rings is 1. The quantitative estimate of drug-likeness (QED) is 0.928.